The van der Waals surface area contributed by atoms with E-state index in [1.54, 1.807) is 0 Å². The summed E-state index contributed by atoms with van der Waals surface area (Å²) in [5.74, 6) is 2.65. The molecule has 1 fully saturated rings. The van der Waals surface area contributed by atoms with Crippen molar-refractivity contribution >= 4 is 34.9 Å². The monoisotopic (exact) mass is 301 g/mol. The van der Waals surface area contributed by atoms with Gasteiger partial charge in [0.05, 0.1) is 0 Å². The zero-order chi connectivity index (χ0) is 12.8. The van der Waals surface area contributed by atoms with Crippen LogP contribution in [-0.2, 0) is 6.42 Å². The third-order valence-electron chi connectivity index (χ3n) is 3.38. The molecule has 0 aliphatic carbocycles. The Kier molecular flexibility index (Phi) is 6.42. The Morgan fingerprint density at radius 3 is 2.89 bits per heavy atom. The Labute approximate surface area is 124 Å². The summed E-state index contributed by atoms with van der Waals surface area (Å²) in [4.78, 5) is 1.53. The van der Waals surface area contributed by atoms with Crippen molar-refractivity contribution in [1.82, 2.24) is 5.32 Å². The summed E-state index contributed by atoms with van der Waals surface area (Å²) in [5, 5.41) is 7.47. The van der Waals surface area contributed by atoms with Crippen molar-refractivity contribution in [3.63, 3.8) is 0 Å². The topological polar surface area (TPSA) is 12.0 Å². The lowest BCUT2D eigenvalue weighted by atomic mass is 10.0. The fraction of sp³-hybridized carbons (Fsp3) is 0.714. The van der Waals surface area contributed by atoms with Crippen LogP contribution >= 0.6 is 34.9 Å². The van der Waals surface area contributed by atoms with Gasteiger partial charge in [-0.1, -0.05) is 19.9 Å². The number of rotatable bonds is 6. The van der Waals surface area contributed by atoms with Gasteiger partial charge in [0.1, 0.15) is 0 Å². The molecule has 1 N–H and O–H groups in total. The highest BCUT2D eigenvalue weighted by Crippen LogP contribution is 2.34. The molecule has 1 aromatic rings. The molecular formula is C14H23NS3. The standard InChI is InChI=1S/C14H23NS3/c1-3-15-13(7-6-12-5-4-8-17-12)14-11(2)16-9-10-18-14/h4-5,8,11,13-15H,3,6-7,9-10H2,1-2H3. The molecule has 18 heavy (non-hydrogen) atoms. The summed E-state index contributed by atoms with van der Waals surface area (Å²) < 4.78 is 0. The molecule has 0 radical (unpaired) electrons. The maximum atomic E-state index is 3.72. The first-order chi connectivity index (χ1) is 8.81. The first-order valence-electron chi connectivity index (χ1n) is 6.80. The second-order valence-electron chi connectivity index (χ2n) is 4.69. The van der Waals surface area contributed by atoms with Crippen LogP contribution < -0.4 is 5.32 Å². The van der Waals surface area contributed by atoms with Crippen LogP contribution in [0.5, 0.6) is 0 Å². The molecule has 3 unspecified atom stereocenters. The van der Waals surface area contributed by atoms with Crippen molar-refractivity contribution < 1.29 is 0 Å². The van der Waals surface area contributed by atoms with Gasteiger partial charge in [-0.15, -0.1) is 11.3 Å². The molecule has 0 spiro atoms. The lowest BCUT2D eigenvalue weighted by Gasteiger charge is -2.35. The maximum absolute atomic E-state index is 3.72. The van der Waals surface area contributed by atoms with Gasteiger partial charge in [0.2, 0.25) is 0 Å². The highest BCUT2D eigenvalue weighted by atomic mass is 32.2. The van der Waals surface area contributed by atoms with Gasteiger partial charge in [0.25, 0.3) is 0 Å². The van der Waals surface area contributed by atoms with E-state index in [2.05, 4.69) is 60.2 Å². The molecule has 0 saturated carbocycles. The Morgan fingerprint density at radius 2 is 2.22 bits per heavy atom. The van der Waals surface area contributed by atoms with Crippen LogP contribution in [0.2, 0.25) is 0 Å². The Hall–Kier alpha value is 0.360. The predicted molar refractivity (Wildman–Crippen MR) is 88.3 cm³/mol. The summed E-state index contributed by atoms with van der Waals surface area (Å²) in [5.41, 5.74) is 0. The second-order valence-corrected chi connectivity index (χ2v) is 8.50. The van der Waals surface area contributed by atoms with E-state index in [1.165, 1.54) is 29.2 Å². The molecule has 1 nitrogen and oxygen atoms in total. The van der Waals surface area contributed by atoms with E-state index >= 15 is 0 Å². The summed E-state index contributed by atoms with van der Waals surface area (Å²) in [6.07, 6.45) is 2.50. The molecule has 0 amide bonds. The summed E-state index contributed by atoms with van der Waals surface area (Å²) >= 11 is 6.21. The van der Waals surface area contributed by atoms with Crippen LogP contribution in [-0.4, -0.2) is 34.6 Å². The Bertz CT molecular complexity index is 326. The predicted octanol–water partition coefficient (Wildman–Crippen LogP) is 3.90. The second kappa shape index (κ2) is 7.83. The Balaban J connectivity index is 1.89. The molecule has 0 bridgehead atoms. The van der Waals surface area contributed by atoms with Crippen molar-refractivity contribution in [3.8, 4) is 0 Å². The van der Waals surface area contributed by atoms with Crippen LogP contribution in [0.4, 0.5) is 0 Å². The van der Waals surface area contributed by atoms with Crippen LogP contribution in [0, 0.1) is 0 Å². The maximum Gasteiger partial charge on any atom is 0.0317 e. The van der Waals surface area contributed by atoms with Crippen molar-refractivity contribution in [2.45, 2.75) is 43.2 Å². The lowest BCUT2D eigenvalue weighted by molar-refractivity contribution is 0.475. The van der Waals surface area contributed by atoms with E-state index in [0.29, 0.717) is 6.04 Å². The number of nitrogens with one attached hydrogen (secondary N) is 1. The van der Waals surface area contributed by atoms with Crippen LogP contribution in [0.1, 0.15) is 25.1 Å². The van der Waals surface area contributed by atoms with Crippen molar-refractivity contribution in [3.05, 3.63) is 22.4 Å². The average Bonchev–Trinajstić information content (AvgIpc) is 2.88. The molecule has 2 rings (SSSR count). The summed E-state index contributed by atoms with van der Waals surface area (Å²) in [6.45, 7) is 5.71. The quantitative estimate of drug-likeness (QED) is 0.856. The molecule has 3 atom stereocenters. The molecule has 0 aromatic carbocycles. The summed E-state index contributed by atoms with van der Waals surface area (Å²) in [7, 11) is 0. The minimum absolute atomic E-state index is 0.671. The number of hydrogen-bond donors (Lipinski definition) is 1. The highest BCUT2D eigenvalue weighted by Gasteiger charge is 2.29. The molecule has 1 aliphatic heterocycles. The number of thioether (sulfide) groups is 2. The van der Waals surface area contributed by atoms with E-state index in [0.717, 1.165) is 17.0 Å². The van der Waals surface area contributed by atoms with Gasteiger partial charge in [-0.25, -0.2) is 0 Å². The first kappa shape index (κ1) is 14.8. The minimum atomic E-state index is 0.671. The van der Waals surface area contributed by atoms with Crippen molar-refractivity contribution in [2.24, 2.45) is 0 Å². The fourth-order valence-electron chi connectivity index (χ4n) is 2.49. The van der Waals surface area contributed by atoms with Crippen molar-refractivity contribution in [1.29, 1.82) is 0 Å². The molecule has 1 aliphatic rings. The van der Waals surface area contributed by atoms with Gasteiger partial charge >= 0.3 is 0 Å². The van der Waals surface area contributed by atoms with Gasteiger partial charge in [-0.3, -0.25) is 0 Å². The average molecular weight is 302 g/mol. The number of thiophene rings is 1. The third-order valence-corrected chi connectivity index (χ3v) is 7.57. The zero-order valence-electron chi connectivity index (χ0n) is 11.2. The van der Waals surface area contributed by atoms with Crippen LogP contribution in [0.25, 0.3) is 0 Å². The first-order valence-corrected chi connectivity index (χ1v) is 9.78. The van der Waals surface area contributed by atoms with E-state index in [9.17, 15) is 0 Å². The Morgan fingerprint density at radius 1 is 1.39 bits per heavy atom. The molecule has 2 heterocycles. The van der Waals surface area contributed by atoms with E-state index in [1.807, 2.05) is 11.3 Å². The zero-order valence-corrected chi connectivity index (χ0v) is 13.7. The van der Waals surface area contributed by atoms with E-state index < -0.39 is 0 Å². The normalized spacial score (nSPS) is 26.1. The van der Waals surface area contributed by atoms with Gasteiger partial charge in [0, 0.05) is 32.9 Å². The fourth-order valence-corrected chi connectivity index (χ4v) is 6.21. The van der Waals surface area contributed by atoms with E-state index in [-0.39, 0.29) is 0 Å². The van der Waals surface area contributed by atoms with Gasteiger partial charge in [0.15, 0.2) is 0 Å². The minimum Gasteiger partial charge on any atom is -0.313 e. The smallest absolute Gasteiger partial charge is 0.0317 e. The summed E-state index contributed by atoms with van der Waals surface area (Å²) in [6, 6.07) is 5.10. The van der Waals surface area contributed by atoms with Crippen molar-refractivity contribution in [2.75, 3.05) is 18.1 Å². The molecule has 4 heteroatoms. The van der Waals surface area contributed by atoms with Gasteiger partial charge in [-0.05, 0) is 30.8 Å². The van der Waals surface area contributed by atoms with Crippen LogP contribution in [0.3, 0.4) is 0 Å². The lowest BCUT2D eigenvalue weighted by Crippen LogP contribution is -2.44. The molecule has 102 valence electrons. The number of aryl methyl sites for hydroxylation is 1. The van der Waals surface area contributed by atoms with Crippen LogP contribution in [0.15, 0.2) is 17.5 Å². The number of hydrogen-bond acceptors (Lipinski definition) is 4. The molecular weight excluding hydrogens is 278 g/mol. The molecule has 1 saturated heterocycles. The highest BCUT2D eigenvalue weighted by molar-refractivity contribution is 8.07. The van der Waals surface area contributed by atoms with Gasteiger partial charge in [-0.2, -0.15) is 23.5 Å². The third kappa shape index (κ3) is 4.19. The van der Waals surface area contributed by atoms with Gasteiger partial charge < -0.3 is 5.32 Å². The molecule has 1 aromatic heterocycles. The SMILES string of the molecule is CCNC(CCc1cccs1)C1SCCSC1C. The largest absolute Gasteiger partial charge is 0.313 e. The van der Waals surface area contributed by atoms with E-state index in [4.69, 9.17) is 0 Å².